The predicted molar refractivity (Wildman–Crippen MR) is 84.7 cm³/mol. The van der Waals surface area contributed by atoms with Crippen molar-refractivity contribution in [3.05, 3.63) is 64.1 Å². The Labute approximate surface area is 138 Å². The number of rotatable bonds is 6. The fourth-order valence-electron chi connectivity index (χ4n) is 2.07. The zero-order chi connectivity index (χ0) is 17.5. The number of pyridine rings is 1. The third kappa shape index (κ3) is 4.21. The Kier molecular flexibility index (Phi) is 5.71. The lowest BCUT2D eigenvalue weighted by Gasteiger charge is -2.15. The van der Waals surface area contributed by atoms with Gasteiger partial charge < -0.3 is 19.1 Å². The predicted octanol–water partition coefficient (Wildman–Crippen LogP) is 0.946. The number of esters is 1. The monoisotopic (exact) mass is 328 g/mol. The van der Waals surface area contributed by atoms with Crippen LogP contribution < -0.4 is 10.3 Å². The molecule has 2 rings (SSSR count). The first-order valence-electron chi connectivity index (χ1n) is 7.14. The van der Waals surface area contributed by atoms with Crippen molar-refractivity contribution in [2.75, 3.05) is 13.7 Å². The van der Waals surface area contributed by atoms with Crippen LogP contribution in [-0.2, 0) is 11.3 Å². The molecule has 0 radical (unpaired) electrons. The molecule has 1 N–H and O–H groups in total. The van der Waals surface area contributed by atoms with Crippen LogP contribution >= 0.6 is 0 Å². The van der Waals surface area contributed by atoms with Gasteiger partial charge in [-0.3, -0.25) is 4.79 Å². The summed E-state index contributed by atoms with van der Waals surface area (Å²) in [6.45, 7) is -0.161. The third-order valence-corrected chi connectivity index (χ3v) is 3.22. The third-order valence-electron chi connectivity index (χ3n) is 3.22. The molecule has 0 aliphatic heterocycles. The van der Waals surface area contributed by atoms with Crippen molar-refractivity contribution < 1.29 is 19.4 Å². The summed E-state index contributed by atoms with van der Waals surface area (Å²) in [7, 11) is 1.20. The van der Waals surface area contributed by atoms with E-state index in [0.717, 1.165) is 10.6 Å². The standard InChI is InChI=1S/C17H16N2O5/c1-23-17(22)13-7-12(8-18)16(21)19(9-13)10-14(20)11-24-15-5-3-2-4-6-15/h2-7,9,14,20H,10-11H2,1H3/t14-/m0/s1. The molecule has 1 atom stereocenters. The van der Waals surface area contributed by atoms with Crippen LogP contribution in [0.4, 0.5) is 0 Å². The molecule has 1 aromatic carbocycles. The minimum absolute atomic E-state index is 0.0409. The van der Waals surface area contributed by atoms with E-state index in [0.29, 0.717) is 5.75 Å². The molecule has 0 amide bonds. The molecule has 0 unspecified atom stereocenters. The maximum absolute atomic E-state index is 12.1. The highest BCUT2D eigenvalue weighted by Crippen LogP contribution is 2.09. The molecule has 0 spiro atoms. The summed E-state index contributed by atoms with van der Waals surface area (Å²) in [5.74, 6) is -0.0832. The van der Waals surface area contributed by atoms with Gasteiger partial charge in [-0.05, 0) is 18.2 Å². The highest BCUT2D eigenvalue weighted by atomic mass is 16.5. The van der Waals surface area contributed by atoms with Crippen LogP contribution in [0, 0.1) is 11.3 Å². The number of hydrogen-bond donors (Lipinski definition) is 1. The van der Waals surface area contributed by atoms with Crippen molar-refractivity contribution in [2.24, 2.45) is 0 Å². The molecule has 0 saturated carbocycles. The molecular formula is C17H16N2O5. The van der Waals surface area contributed by atoms with Crippen LogP contribution in [0.5, 0.6) is 5.75 Å². The number of aliphatic hydroxyl groups is 1. The van der Waals surface area contributed by atoms with E-state index in [9.17, 15) is 14.7 Å². The summed E-state index contributed by atoms with van der Waals surface area (Å²) >= 11 is 0. The summed E-state index contributed by atoms with van der Waals surface area (Å²) in [6, 6.07) is 11.8. The van der Waals surface area contributed by atoms with Gasteiger partial charge in [0.2, 0.25) is 0 Å². The van der Waals surface area contributed by atoms with Crippen molar-refractivity contribution in [3.63, 3.8) is 0 Å². The van der Waals surface area contributed by atoms with Crippen molar-refractivity contribution in [2.45, 2.75) is 12.6 Å². The van der Waals surface area contributed by atoms with Gasteiger partial charge in [0.1, 0.15) is 30.1 Å². The van der Waals surface area contributed by atoms with E-state index in [-0.39, 0.29) is 24.3 Å². The Hall–Kier alpha value is -3.11. The average molecular weight is 328 g/mol. The Morgan fingerprint density at radius 2 is 2.08 bits per heavy atom. The molecule has 124 valence electrons. The summed E-state index contributed by atoms with van der Waals surface area (Å²) < 4.78 is 11.1. The van der Waals surface area contributed by atoms with Gasteiger partial charge in [-0.25, -0.2) is 4.79 Å². The maximum Gasteiger partial charge on any atom is 0.339 e. The Balaban J connectivity index is 2.14. The largest absolute Gasteiger partial charge is 0.491 e. The highest BCUT2D eigenvalue weighted by molar-refractivity contribution is 5.89. The number of ether oxygens (including phenoxy) is 2. The van der Waals surface area contributed by atoms with Gasteiger partial charge in [0, 0.05) is 6.20 Å². The lowest BCUT2D eigenvalue weighted by Crippen LogP contribution is -2.32. The molecule has 0 aliphatic carbocycles. The number of carbonyl (C=O) groups is 1. The fourth-order valence-corrected chi connectivity index (χ4v) is 2.07. The van der Waals surface area contributed by atoms with Gasteiger partial charge in [0.15, 0.2) is 0 Å². The van der Waals surface area contributed by atoms with E-state index in [1.807, 2.05) is 6.07 Å². The van der Waals surface area contributed by atoms with Gasteiger partial charge in [0.25, 0.3) is 5.56 Å². The van der Waals surface area contributed by atoms with E-state index in [2.05, 4.69) is 4.74 Å². The molecule has 0 aliphatic rings. The van der Waals surface area contributed by atoms with Crippen LogP contribution in [0.3, 0.4) is 0 Å². The Morgan fingerprint density at radius 1 is 1.38 bits per heavy atom. The number of para-hydroxylation sites is 1. The van der Waals surface area contributed by atoms with E-state index in [1.165, 1.54) is 13.3 Å². The first kappa shape index (κ1) is 17.2. The van der Waals surface area contributed by atoms with Crippen molar-refractivity contribution in [1.82, 2.24) is 4.57 Å². The Bertz CT molecular complexity index is 808. The first-order valence-corrected chi connectivity index (χ1v) is 7.14. The number of aromatic nitrogens is 1. The van der Waals surface area contributed by atoms with Gasteiger partial charge in [-0.2, -0.15) is 5.26 Å². The molecule has 0 saturated heterocycles. The second-order valence-corrected chi connectivity index (χ2v) is 4.98. The number of carbonyl (C=O) groups excluding carboxylic acids is 1. The highest BCUT2D eigenvalue weighted by Gasteiger charge is 2.15. The van der Waals surface area contributed by atoms with E-state index >= 15 is 0 Å². The van der Waals surface area contributed by atoms with E-state index < -0.39 is 17.6 Å². The van der Waals surface area contributed by atoms with Crippen LogP contribution in [0.15, 0.2) is 47.4 Å². The number of benzene rings is 1. The molecule has 1 heterocycles. The van der Waals surface area contributed by atoms with Gasteiger partial charge in [-0.15, -0.1) is 0 Å². The fraction of sp³-hybridized carbons (Fsp3) is 0.235. The quantitative estimate of drug-likeness (QED) is 0.792. The number of nitrogens with zero attached hydrogens (tertiary/aromatic N) is 2. The van der Waals surface area contributed by atoms with Crippen LogP contribution in [-0.4, -0.2) is 35.5 Å². The molecule has 0 fully saturated rings. The van der Waals surface area contributed by atoms with E-state index in [4.69, 9.17) is 10.00 Å². The number of nitriles is 1. The molecule has 0 bridgehead atoms. The molecular weight excluding hydrogens is 312 g/mol. The topological polar surface area (TPSA) is 102 Å². The van der Waals surface area contributed by atoms with Crippen LogP contribution in [0.2, 0.25) is 0 Å². The van der Waals surface area contributed by atoms with E-state index in [1.54, 1.807) is 30.3 Å². The SMILES string of the molecule is COC(=O)c1cc(C#N)c(=O)n(C[C@H](O)COc2ccccc2)c1. The summed E-state index contributed by atoms with van der Waals surface area (Å²) in [6.07, 6.45) is 0.253. The van der Waals surface area contributed by atoms with Gasteiger partial charge in [-0.1, -0.05) is 18.2 Å². The van der Waals surface area contributed by atoms with Crippen molar-refractivity contribution >= 4 is 5.97 Å². The summed E-state index contributed by atoms with van der Waals surface area (Å²) in [4.78, 5) is 23.7. The summed E-state index contributed by atoms with van der Waals surface area (Å²) in [5.41, 5.74) is -0.734. The second-order valence-electron chi connectivity index (χ2n) is 4.98. The molecule has 24 heavy (non-hydrogen) atoms. The minimum Gasteiger partial charge on any atom is -0.491 e. The van der Waals surface area contributed by atoms with Crippen molar-refractivity contribution in [1.29, 1.82) is 5.26 Å². The normalized spacial score (nSPS) is 11.4. The molecule has 7 heteroatoms. The minimum atomic E-state index is -0.998. The first-order chi connectivity index (χ1) is 11.5. The lowest BCUT2D eigenvalue weighted by atomic mass is 10.2. The number of hydrogen-bond acceptors (Lipinski definition) is 6. The van der Waals surface area contributed by atoms with Gasteiger partial charge >= 0.3 is 5.97 Å². The van der Waals surface area contributed by atoms with Crippen molar-refractivity contribution in [3.8, 4) is 11.8 Å². The number of aliphatic hydroxyl groups excluding tert-OH is 1. The molecule has 7 nitrogen and oxygen atoms in total. The van der Waals surface area contributed by atoms with Gasteiger partial charge in [0.05, 0.1) is 19.2 Å². The average Bonchev–Trinajstić information content (AvgIpc) is 2.61. The maximum atomic E-state index is 12.1. The molecule has 1 aromatic heterocycles. The lowest BCUT2D eigenvalue weighted by molar-refractivity contribution is 0.0597. The van der Waals surface area contributed by atoms with Crippen LogP contribution in [0.1, 0.15) is 15.9 Å². The van der Waals surface area contributed by atoms with Crippen LogP contribution in [0.25, 0.3) is 0 Å². The number of methoxy groups -OCH3 is 1. The summed E-state index contributed by atoms with van der Waals surface area (Å²) in [5, 5.41) is 19.1. The zero-order valence-corrected chi connectivity index (χ0v) is 13.0. The molecule has 2 aromatic rings. The Morgan fingerprint density at radius 3 is 2.71 bits per heavy atom. The smallest absolute Gasteiger partial charge is 0.339 e. The zero-order valence-electron chi connectivity index (χ0n) is 13.0. The second kappa shape index (κ2) is 7.94.